The summed E-state index contributed by atoms with van der Waals surface area (Å²) in [6.45, 7) is 0. The highest BCUT2D eigenvalue weighted by Crippen LogP contribution is 2.46. The molecule has 0 saturated carbocycles. The van der Waals surface area contributed by atoms with Crippen LogP contribution in [0.2, 0.25) is 0 Å². The second-order valence-corrected chi connectivity index (χ2v) is 14.9. The fourth-order valence-electron chi connectivity index (χ4n) is 4.25. The fourth-order valence-corrected chi connectivity index (χ4v) is 11.2. The van der Waals surface area contributed by atoms with Gasteiger partial charge in [0.15, 0.2) is 9.66 Å². The van der Waals surface area contributed by atoms with Crippen molar-refractivity contribution < 1.29 is 8.78 Å². The molecular formula is C28H12F2N2S6. The van der Waals surface area contributed by atoms with Gasteiger partial charge in [0.2, 0.25) is 0 Å². The molecule has 0 radical (unpaired) electrons. The first-order chi connectivity index (χ1) is 18.6. The molecule has 10 heteroatoms. The van der Waals surface area contributed by atoms with Crippen molar-refractivity contribution in [3.63, 3.8) is 0 Å². The number of hydrogen-bond donors (Lipinski definition) is 0. The summed E-state index contributed by atoms with van der Waals surface area (Å²) in [6, 6.07) is 22.1. The highest BCUT2D eigenvalue weighted by Gasteiger charge is 2.18. The van der Waals surface area contributed by atoms with E-state index in [4.69, 9.17) is 9.97 Å². The van der Waals surface area contributed by atoms with Crippen molar-refractivity contribution in [2.45, 2.75) is 0 Å². The number of hydrogen-bond acceptors (Lipinski definition) is 8. The third-order valence-corrected chi connectivity index (χ3v) is 13.1. The van der Waals surface area contributed by atoms with Crippen LogP contribution in [0.5, 0.6) is 0 Å². The Morgan fingerprint density at radius 2 is 0.763 bits per heavy atom. The molecule has 0 saturated heterocycles. The summed E-state index contributed by atoms with van der Waals surface area (Å²) in [5, 5.41) is 2.00. The largest absolute Gasteiger partial charge is 0.222 e. The van der Waals surface area contributed by atoms with Crippen molar-refractivity contribution in [3.8, 4) is 40.7 Å². The van der Waals surface area contributed by atoms with Gasteiger partial charge in [-0.15, -0.1) is 45.3 Å². The van der Waals surface area contributed by atoms with Crippen LogP contribution < -0.4 is 0 Å². The first-order valence-corrected chi connectivity index (χ1v) is 16.3. The molecule has 38 heavy (non-hydrogen) atoms. The lowest BCUT2D eigenvalue weighted by Gasteiger charge is -1.96. The molecule has 8 aromatic rings. The van der Waals surface area contributed by atoms with Gasteiger partial charge in [0.25, 0.3) is 0 Å². The minimum absolute atomic E-state index is 0.218. The van der Waals surface area contributed by atoms with Crippen molar-refractivity contribution in [3.05, 3.63) is 84.4 Å². The Morgan fingerprint density at radius 1 is 0.421 bits per heavy atom. The van der Waals surface area contributed by atoms with Gasteiger partial charge in [-0.3, -0.25) is 0 Å². The Bertz CT molecular complexity index is 1860. The minimum Gasteiger partial charge on any atom is -0.222 e. The molecule has 0 bridgehead atoms. The number of thiophene rings is 4. The van der Waals surface area contributed by atoms with Crippen molar-refractivity contribution >= 4 is 96.5 Å². The van der Waals surface area contributed by atoms with E-state index in [0.29, 0.717) is 0 Å². The zero-order chi connectivity index (χ0) is 25.4. The van der Waals surface area contributed by atoms with Gasteiger partial charge in [-0.05, 0) is 59.7 Å². The van der Waals surface area contributed by atoms with Crippen LogP contribution in [0.15, 0.2) is 72.8 Å². The Kier molecular flexibility index (Phi) is 5.36. The molecule has 0 unspecified atom stereocenters. The molecule has 0 aliphatic heterocycles. The van der Waals surface area contributed by atoms with E-state index in [1.807, 2.05) is 24.3 Å². The number of thiazole rings is 2. The normalized spacial score (nSPS) is 11.9. The van der Waals surface area contributed by atoms with E-state index < -0.39 is 0 Å². The molecule has 0 atom stereocenters. The standard InChI is InChI=1S/C28H12F2N2S6/c29-15-5-1-13(2-6-15)17-9-19-21(33-17)11-23(35-19)25-31-27-28(37-25)32-26(38-27)24-12-22-20(36-24)10-18(34-22)14-3-7-16(30)8-4-14/h1-12H. The van der Waals surface area contributed by atoms with E-state index in [2.05, 4.69) is 24.3 Å². The topological polar surface area (TPSA) is 25.8 Å². The lowest BCUT2D eigenvalue weighted by atomic mass is 10.2. The SMILES string of the molecule is Fc1ccc(-c2cc3sc(-c4nc5sc(-c6cc7sc(-c8ccc(F)cc8)cc7s6)nc5s4)cc3s2)cc1. The zero-order valence-electron chi connectivity index (χ0n) is 19.0. The average Bonchev–Trinajstić information content (AvgIpc) is 3.70. The molecule has 2 nitrogen and oxygen atoms in total. The molecule has 0 N–H and O–H groups in total. The number of aromatic nitrogens is 2. The van der Waals surface area contributed by atoms with E-state index in [0.717, 1.165) is 50.3 Å². The predicted octanol–water partition coefficient (Wildman–Crippen LogP) is 11.3. The number of nitrogens with zero attached hydrogens (tertiary/aromatic N) is 2. The van der Waals surface area contributed by atoms with Gasteiger partial charge >= 0.3 is 0 Å². The van der Waals surface area contributed by atoms with Crippen molar-refractivity contribution in [2.75, 3.05) is 0 Å². The quantitative estimate of drug-likeness (QED) is 0.199. The molecular weight excluding hydrogens is 595 g/mol. The van der Waals surface area contributed by atoms with Crippen LogP contribution >= 0.6 is 68.0 Å². The fraction of sp³-hybridized carbons (Fsp3) is 0. The summed E-state index contributed by atoms with van der Waals surface area (Å²) in [6.07, 6.45) is 0. The highest BCUT2D eigenvalue weighted by molar-refractivity contribution is 7.35. The summed E-state index contributed by atoms with van der Waals surface area (Å²) in [5.41, 5.74) is 2.07. The van der Waals surface area contributed by atoms with Crippen LogP contribution in [0.4, 0.5) is 8.78 Å². The van der Waals surface area contributed by atoms with Gasteiger partial charge in [-0.25, -0.2) is 18.7 Å². The first-order valence-electron chi connectivity index (χ1n) is 11.4. The van der Waals surface area contributed by atoms with Crippen molar-refractivity contribution in [1.82, 2.24) is 9.97 Å². The molecule has 184 valence electrons. The van der Waals surface area contributed by atoms with Crippen LogP contribution in [0, 0.1) is 11.6 Å². The Balaban J connectivity index is 1.07. The van der Waals surface area contributed by atoms with Crippen molar-refractivity contribution in [1.29, 1.82) is 0 Å². The molecule has 2 aromatic carbocycles. The lowest BCUT2D eigenvalue weighted by molar-refractivity contribution is 0.627. The number of benzene rings is 2. The third-order valence-electron chi connectivity index (χ3n) is 6.07. The minimum atomic E-state index is -0.218. The maximum absolute atomic E-state index is 13.3. The smallest absolute Gasteiger partial charge is 0.155 e. The maximum Gasteiger partial charge on any atom is 0.155 e. The molecule has 0 amide bonds. The zero-order valence-corrected chi connectivity index (χ0v) is 23.9. The van der Waals surface area contributed by atoms with Gasteiger partial charge in [0.05, 0.1) is 9.75 Å². The van der Waals surface area contributed by atoms with E-state index in [-0.39, 0.29) is 11.6 Å². The monoisotopic (exact) mass is 606 g/mol. The third kappa shape index (κ3) is 3.95. The molecule has 0 aliphatic rings. The lowest BCUT2D eigenvalue weighted by Crippen LogP contribution is -1.73. The molecule has 0 spiro atoms. The molecule has 0 fully saturated rings. The maximum atomic E-state index is 13.3. The van der Waals surface area contributed by atoms with Gasteiger partial charge in [-0.1, -0.05) is 46.9 Å². The molecule has 6 heterocycles. The summed E-state index contributed by atoms with van der Waals surface area (Å²) >= 11 is 10.2. The summed E-state index contributed by atoms with van der Waals surface area (Å²) in [5.74, 6) is -0.436. The van der Waals surface area contributed by atoms with E-state index >= 15 is 0 Å². The Labute approximate surface area is 238 Å². The highest BCUT2D eigenvalue weighted by atomic mass is 32.1. The summed E-state index contributed by atoms with van der Waals surface area (Å²) in [7, 11) is 0. The number of halogens is 2. The molecule has 0 aliphatic carbocycles. The summed E-state index contributed by atoms with van der Waals surface area (Å²) < 4.78 is 31.4. The van der Waals surface area contributed by atoms with Crippen LogP contribution in [0.3, 0.4) is 0 Å². The van der Waals surface area contributed by atoms with Crippen LogP contribution in [-0.2, 0) is 0 Å². The summed E-state index contributed by atoms with van der Waals surface area (Å²) in [4.78, 5) is 16.4. The van der Waals surface area contributed by atoms with Gasteiger partial charge < -0.3 is 0 Å². The Morgan fingerprint density at radius 3 is 1.16 bits per heavy atom. The van der Waals surface area contributed by atoms with Gasteiger partial charge in [0, 0.05) is 28.6 Å². The number of fused-ring (bicyclic) bond motifs is 3. The van der Waals surface area contributed by atoms with Crippen LogP contribution in [0.25, 0.3) is 69.1 Å². The molecule has 6 aromatic heterocycles. The van der Waals surface area contributed by atoms with Gasteiger partial charge in [0.1, 0.15) is 21.6 Å². The van der Waals surface area contributed by atoms with Crippen molar-refractivity contribution in [2.24, 2.45) is 0 Å². The van der Waals surface area contributed by atoms with E-state index in [9.17, 15) is 8.78 Å². The van der Waals surface area contributed by atoms with Crippen LogP contribution in [-0.4, -0.2) is 9.97 Å². The predicted molar refractivity (Wildman–Crippen MR) is 163 cm³/mol. The second kappa shape index (κ2) is 8.84. The average molecular weight is 607 g/mol. The van der Waals surface area contributed by atoms with E-state index in [1.165, 1.54) is 43.1 Å². The first kappa shape index (κ1) is 23.1. The van der Waals surface area contributed by atoms with E-state index in [1.54, 1.807) is 68.0 Å². The Hall–Kier alpha value is -2.86. The van der Waals surface area contributed by atoms with Crippen LogP contribution in [0.1, 0.15) is 0 Å². The second-order valence-electron chi connectivity index (χ2n) is 8.56. The number of rotatable bonds is 4. The molecule has 8 rings (SSSR count). The van der Waals surface area contributed by atoms with Gasteiger partial charge in [-0.2, -0.15) is 0 Å².